The lowest BCUT2D eigenvalue weighted by atomic mass is 10.2. The van der Waals surface area contributed by atoms with Gasteiger partial charge in [-0.25, -0.2) is 0 Å². The predicted octanol–water partition coefficient (Wildman–Crippen LogP) is 6.04. The van der Waals surface area contributed by atoms with Crippen molar-refractivity contribution < 1.29 is 0 Å². The Morgan fingerprint density at radius 1 is 1.16 bits per heavy atom. The maximum absolute atomic E-state index is 8.47. The van der Waals surface area contributed by atoms with Crippen LogP contribution < -0.4 is 5.32 Å². The van der Waals surface area contributed by atoms with Crippen molar-refractivity contribution in [2.45, 2.75) is 33.6 Å². The van der Waals surface area contributed by atoms with Crippen LogP contribution >= 0.6 is 23.2 Å². The van der Waals surface area contributed by atoms with Crippen LogP contribution in [0.3, 0.4) is 0 Å². The third-order valence-electron chi connectivity index (χ3n) is 3.89. The smallest absolute Gasteiger partial charge is 0.101 e. The quantitative estimate of drug-likeness (QED) is 0.658. The molecule has 2 nitrogen and oxygen atoms in total. The van der Waals surface area contributed by atoms with Gasteiger partial charge in [-0.05, 0) is 68.1 Å². The van der Waals surface area contributed by atoms with E-state index in [0.29, 0.717) is 10.6 Å². The molecule has 1 fully saturated rings. The van der Waals surface area contributed by atoms with Crippen LogP contribution in [-0.4, -0.2) is 13.1 Å². The average molecular weight is 377 g/mol. The van der Waals surface area contributed by atoms with Gasteiger partial charge in [0, 0.05) is 5.02 Å². The van der Waals surface area contributed by atoms with Crippen molar-refractivity contribution in [1.82, 2.24) is 5.32 Å². The Labute approximate surface area is 161 Å². The maximum Gasteiger partial charge on any atom is 0.101 e. The standard InChI is InChI=1S/C8H6ClN.C8H9Cl.C5H11N/c1-6-2-3-7(5-10)8(9)4-6;1-2-7-5-3-4-6-8(7)9;1-5-2-3-6-4-5/h2-4H,1H3;3-6H,2H2,1H3;5-6H,2-4H2,1H3. The molecule has 1 aliphatic rings. The molecule has 0 spiro atoms. The largest absolute Gasteiger partial charge is 0.316 e. The third-order valence-corrected chi connectivity index (χ3v) is 4.57. The zero-order chi connectivity index (χ0) is 18.7. The molecule has 2 aromatic carbocycles. The molecular formula is C21H26Cl2N2. The summed E-state index contributed by atoms with van der Waals surface area (Å²) in [6, 6.07) is 15.3. The molecule has 0 aromatic heterocycles. The molecule has 0 aliphatic carbocycles. The Kier molecular flexibility index (Phi) is 10.3. The first-order valence-electron chi connectivity index (χ1n) is 8.58. The summed E-state index contributed by atoms with van der Waals surface area (Å²) in [6.45, 7) is 8.79. The minimum absolute atomic E-state index is 0.530. The van der Waals surface area contributed by atoms with Crippen molar-refractivity contribution in [3.8, 4) is 6.07 Å². The highest BCUT2D eigenvalue weighted by molar-refractivity contribution is 6.31. The van der Waals surface area contributed by atoms with E-state index in [9.17, 15) is 0 Å². The van der Waals surface area contributed by atoms with Crippen LogP contribution in [0.15, 0.2) is 42.5 Å². The number of nitrogens with zero attached hydrogens (tertiary/aromatic N) is 1. The van der Waals surface area contributed by atoms with E-state index in [4.69, 9.17) is 28.5 Å². The highest BCUT2D eigenvalue weighted by Gasteiger charge is 2.06. The van der Waals surface area contributed by atoms with Crippen molar-refractivity contribution in [3.63, 3.8) is 0 Å². The second-order valence-electron chi connectivity index (χ2n) is 6.14. The summed E-state index contributed by atoms with van der Waals surface area (Å²) in [4.78, 5) is 0. The van der Waals surface area contributed by atoms with Gasteiger partial charge in [-0.2, -0.15) is 5.26 Å². The summed E-state index contributed by atoms with van der Waals surface area (Å²) in [5.41, 5.74) is 2.83. The van der Waals surface area contributed by atoms with Gasteiger partial charge in [-0.3, -0.25) is 0 Å². The highest BCUT2D eigenvalue weighted by Crippen LogP contribution is 2.16. The first-order chi connectivity index (χ1) is 12.0. The van der Waals surface area contributed by atoms with E-state index in [1.54, 1.807) is 12.1 Å². The monoisotopic (exact) mass is 376 g/mol. The second-order valence-corrected chi connectivity index (χ2v) is 6.95. The summed E-state index contributed by atoms with van der Waals surface area (Å²) in [6.07, 6.45) is 2.39. The molecule has 0 radical (unpaired) electrons. The molecule has 3 rings (SSSR count). The lowest BCUT2D eigenvalue weighted by molar-refractivity contribution is 0.651. The number of rotatable bonds is 1. The number of aryl methyl sites for hydroxylation is 2. The lowest BCUT2D eigenvalue weighted by Gasteiger charge is -1.96. The zero-order valence-corrected chi connectivity index (χ0v) is 16.7. The third kappa shape index (κ3) is 8.40. The Hall–Kier alpha value is -1.53. The predicted molar refractivity (Wildman–Crippen MR) is 108 cm³/mol. The van der Waals surface area contributed by atoms with Crippen LogP contribution in [-0.2, 0) is 6.42 Å². The number of hydrogen-bond acceptors (Lipinski definition) is 2. The Morgan fingerprint density at radius 3 is 2.28 bits per heavy atom. The number of halogens is 2. The molecule has 2 aromatic rings. The molecule has 1 unspecified atom stereocenters. The van der Waals surface area contributed by atoms with E-state index in [0.717, 1.165) is 22.9 Å². The summed E-state index contributed by atoms with van der Waals surface area (Å²) in [5.74, 6) is 0.935. The number of benzene rings is 2. The fourth-order valence-electron chi connectivity index (χ4n) is 2.29. The molecule has 4 heteroatoms. The first-order valence-corrected chi connectivity index (χ1v) is 9.33. The van der Waals surface area contributed by atoms with Gasteiger partial charge in [0.1, 0.15) is 6.07 Å². The Bertz CT molecular complexity index is 687. The molecule has 1 aliphatic heterocycles. The topological polar surface area (TPSA) is 35.8 Å². The van der Waals surface area contributed by atoms with Crippen molar-refractivity contribution in [1.29, 1.82) is 5.26 Å². The Morgan fingerprint density at radius 2 is 1.88 bits per heavy atom. The van der Waals surface area contributed by atoms with Crippen LogP contribution in [0.4, 0.5) is 0 Å². The molecular weight excluding hydrogens is 351 g/mol. The minimum Gasteiger partial charge on any atom is -0.316 e. The van der Waals surface area contributed by atoms with Crippen molar-refractivity contribution in [3.05, 3.63) is 69.2 Å². The molecule has 1 N–H and O–H groups in total. The van der Waals surface area contributed by atoms with Gasteiger partial charge >= 0.3 is 0 Å². The molecule has 0 saturated carbocycles. The Balaban J connectivity index is 0.000000193. The summed E-state index contributed by atoms with van der Waals surface area (Å²) >= 11 is 11.5. The van der Waals surface area contributed by atoms with E-state index in [2.05, 4.69) is 19.2 Å². The summed E-state index contributed by atoms with van der Waals surface area (Å²) in [5, 5.41) is 13.2. The van der Waals surface area contributed by atoms with Crippen molar-refractivity contribution in [2.24, 2.45) is 5.92 Å². The normalized spacial score (nSPS) is 15.3. The second kappa shape index (κ2) is 11.9. The molecule has 1 saturated heterocycles. The van der Waals surface area contributed by atoms with E-state index in [1.165, 1.54) is 25.1 Å². The number of nitrogens with one attached hydrogen (secondary N) is 1. The fraction of sp³-hybridized carbons (Fsp3) is 0.381. The molecule has 0 bridgehead atoms. The van der Waals surface area contributed by atoms with Gasteiger partial charge in [0.05, 0.1) is 10.6 Å². The van der Waals surface area contributed by atoms with Crippen molar-refractivity contribution in [2.75, 3.05) is 13.1 Å². The van der Waals surface area contributed by atoms with Crippen LogP contribution in [0.25, 0.3) is 0 Å². The van der Waals surface area contributed by atoms with Gasteiger partial charge in [0.2, 0.25) is 0 Å². The number of hydrogen-bond donors (Lipinski definition) is 1. The van der Waals surface area contributed by atoms with E-state index in [1.807, 2.05) is 43.3 Å². The van der Waals surface area contributed by atoms with Gasteiger partial charge in [0.25, 0.3) is 0 Å². The average Bonchev–Trinajstić information content (AvgIpc) is 3.08. The van der Waals surface area contributed by atoms with E-state index in [-0.39, 0.29) is 0 Å². The van der Waals surface area contributed by atoms with Crippen LogP contribution in [0.1, 0.15) is 37.0 Å². The van der Waals surface area contributed by atoms with Gasteiger partial charge in [-0.1, -0.05) is 61.3 Å². The van der Waals surface area contributed by atoms with Gasteiger partial charge < -0.3 is 5.32 Å². The molecule has 0 amide bonds. The maximum atomic E-state index is 8.47. The SMILES string of the molecule is CC1CCNC1.CCc1ccccc1Cl.Cc1ccc(C#N)c(Cl)c1. The fourth-order valence-corrected chi connectivity index (χ4v) is 2.84. The molecule has 1 heterocycles. The van der Waals surface area contributed by atoms with Gasteiger partial charge in [0.15, 0.2) is 0 Å². The lowest BCUT2D eigenvalue weighted by Crippen LogP contribution is -2.06. The summed E-state index contributed by atoms with van der Waals surface area (Å²) in [7, 11) is 0. The van der Waals surface area contributed by atoms with Crippen LogP contribution in [0.5, 0.6) is 0 Å². The van der Waals surface area contributed by atoms with Gasteiger partial charge in [-0.15, -0.1) is 0 Å². The summed E-state index contributed by atoms with van der Waals surface area (Å²) < 4.78 is 0. The van der Waals surface area contributed by atoms with E-state index >= 15 is 0 Å². The van der Waals surface area contributed by atoms with Crippen LogP contribution in [0, 0.1) is 24.2 Å². The van der Waals surface area contributed by atoms with E-state index < -0.39 is 0 Å². The minimum atomic E-state index is 0.530. The molecule has 1 atom stereocenters. The van der Waals surface area contributed by atoms with Crippen molar-refractivity contribution >= 4 is 23.2 Å². The first kappa shape index (κ1) is 21.5. The molecule has 134 valence electrons. The number of nitriles is 1. The van der Waals surface area contributed by atoms with Crippen LogP contribution in [0.2, 0.25) is 10.0 Å². The highest BCUT2D eigenvalue weighted by atomic mass is 35.5. The zero-order valence-electron chi connectivity index (χ0n) is 15.2. The molecule has 25 heavy (non-hydrogen) atoms.